The molecule has 0 amide bonds. The van der Waals surface area contributed by atoms with Crippen LogP contribution in [0.2, 0.25) is 0 Å². The molecule has 0 saturated carbocycles. The summed E-state index contributed by atoms with van der Waals surface area (Å²) in [6, 6.07) is 11.5. The molecule has 0 atom stereocenters. The second-order valence-electron chi connectivity index (χ2n) is 9.01. The van der Waals surface area contributed by atoms with Crippen molar-refractivity contribution < 1.29 is 35.9 Å². The zero-order valence-electron chi connectivity index (χ0n) is 23.4. The normalized spacial score (nSPS) is 11.6. The summed E-state index contributed by atoms with van der Waals surface area (Å²) in [7, 11) is -6.79. The first-order chi connectivity index (χ1) is 18.2. The maximum absolute atomic E-state index is 12.3. The summed E-state index contributed by atoms with van der Waals surface area (Å²) in [6.07, 6.45) is -0.413. The van der Waals surface area contributed by atoms with E-state index in [1.807, 2.05) is 13.8 Å². The lowest BCUT2D eigenvalue weighted by Crippen LogP contribution is -2.29. The van der Waals surface area contributed by atoms with Crippen LogP contribution in [0.25, 0.3) is 0 Å². The predicted molar refractivity (Wildman–Crippen MR) is 151 cm³/mol. The van der Waals surface area contributed by atoms with Crippen molar-refractivity contribution in [2.24, 2.45) is 0 Å². The molecule has 0 heterocycles. The molecule has 0 bridgehead atoms. The van der Waals surface area contributed by atoms with Gasteiger partial charge in [-0.2, -0.15) is 0 Å². The summed E-state index contributed by atoms with van der Waals surface area (Å²) in [4.78, 5) is 25.6. The minimum absolute atomic E-state index is 0.0739. The SMILES string of the molecule is C=CS(=O)(=O)c1ccc(C(=O)OC(C)C)cc1.CCN(CC)CCS(=O)(=O)c1ccc(C(=O)OC(C)C)cc1. The molecule has 0 unspecified atom stereocenters. The van der Waals surface area contributed by atoms with Crippen molar-refractivity contribution in [3.05, 3.63) is 71.6 Å². The first-order valence-electron chi connectivity index (χ1n) is 12.6. The van der Waals surface area contributed by atoms with Gasteiger partial charge in [-0.1, -0.05) is 20.4 Å². The van der Waals surface area contributed by atoms with E-state index in [1.165, 1.54) is 48.5 Å². The van der Waals surface area contributed by atoms with Crippen LogP contribution >= 0.6 is 0 Å². The lowest BCUT2D eigenvalue weighted by Gasteiger charge is -2.17. The molecule has 0 fully saturated rings. The quantitative estimate of drug-likeness (QED) is 0.332. The van der Waals surface area contributed by atoms with Crippen molar-refractivity contribution in [2.45, 2.75) is 63.5 Å². The van der Waals surface area contributed by atoms with Crippen LogP contribution in [0.5, 0.6) is 0 Å². The van der Waals surface area contributed by atoms with Gasteiger partial charge in [0.2, 0.25) is 0 Å². The van der Waals surface area contributed by atoms with E-state index in [1.54, 1.807) is 27.7 Å². The number of ether oxygens (including phenoxy) is 2. The van der Waals surface area contributed by atoms with Gasteiger partial charge in [-0.3, -0.25) is 0 Å². The van der Waals surface area contributed by atoms with Crippen molar-refractivity contribution in [3.63, 3.8) is 0 Å². The molecule has 2 aromatic carbocycles. The van der Waals surface area contributed by atoms with Gasteiger partial charge >= 0.3 is 11.9 Å². The molecule has 0 radical (unpaired) electrons. The second-order valence-corrected chi connectivity index (χ2v) is 13.0. The van der Waals surface area contributed by atoms with E-state index in [4.69, 9.17) is 9.47 Å². The monoisotopic (exact) mass is 581 g/mol. The Morgan fingerprint density at radius 1 is 0.769 bits per heavy atom. The fourth-order valence-corrected chi connectivity index (χ4v) is 5.14. The Labute approximate surface area is 232 Å². The highest BCUT2D eigenvalue weighted by Crippen LogP contribution is 2.15. The number of benzene rings is 2. The molecule has 216 valence electrons. The van der Waals surface area contributed by atoms with E-state index >= 15 is 0 Å². The van der Waals surface area contributed by atoms with Crippen LogP contribution < -0.4 is 0 Å². The Balaban J connectivity index is 0.000000403. The maximum atomic E-state index is 12.3. The minimum atomic E-state index is -3.45. The van der Waals surface area contributed by atoms with Crippen molar-refractivity contribution in [2.75, 3.05) is 25.4 Å². The van der Waals surface area contributed by atoms with Gasteiger partial charge < -0.3 is 14.4 Å². The van der Waals surface area contributed by atoms with Gasteiger partial charge in [0, 0.05) is 12.0 Å². The average molecular weight is 582 g/mol. The average Bonchev–Trinajstić information content (AvgIpc) is 2.89. The van der Waals surface area contributed by atoms with E-state index in [0.29, 0.717) is 17.7 Å². The van der Waals surface area contributed by atoms with Gasteiger partial charge in [-0.15, -0.1) is 0 Å². The van der Waals surface area contributed by atoms with E-state index < -0.39 is 31.6 Å². The van der Waals surface area contributed by atoms with Gasteiger partial charge in [-0.05, 0) is 89.3 Å². The van der Waals surface area contributed by atoms with Crippen molar-refractivity contribution in [3.8, 4) is 0 Å². The van der Waals surface area contributed by atoms with Crippen LogP contribution in [-0.2, 0) is 29.1 Å². The molecule has 0 saturated heterocycles. The molecule has 11 heteroatoms. The van der Waals surface area contributed by atoms with Crippen LogP contribution in [0.1, 0.15) is 62.3 Å². The molecule has 0 aliphatic heterocycles. The Hall–Kier alpha value is -3.02. The largest absolute Gasteiger partial charge is 0.459 e. The molecule has 9 nitrogen and oxygen atoms in total. The minimum Gasteiger partial charge on any atom is -0.459 e. The number of hydrogen-bond acceptors (Lipinski definition) is 9. The first-order valence-corrected chi connectivity index (χ1v) is 15.8. The van der Waals surface area contributed by atoms with Gasteiger partial charge in [-0.25, -0.2) is 26.4 Å². The summed E-state index contributed by atoms with van der Waals surface area (Å²) in [5.41, 5.74) is 0.679. The highest BCUT2D eigenvalue weighted by atomic mass is 32.2. The standard InChI is InChI=1S/C16H25NO4S.C12H14O4S/c1-5-17(6-2)11-12-22(19,20)15-9-7-14(8-10-15)16(18)21-13(3)4;1-4-17(14,15)11-7-5-10(6-8-11)12(13)16-9(2)3/h7-10,13H,5-6,11-12H2,1-4H3;4-9H,1H2,2-3H3. The number of carbonyl (C=O) groups is 2. The zero-order valence-corrected chi connectivity index (χ0v) is 25.0. The highest BCUT2D eigenvalue weighted by Gasteiger charge is 2.17. The Morgan fingerprint density at radius 2 is 1.15 bits per heavy atom. The lowest BCUT2D eigenvalue weighted by molar-refractivity contribution is 0.0367. The third-order valence-corrected chi connectivity index (χ3v) is 8.42. The number of nitrogens with zero attached hydrogens (tertiary/aromatic N) is 1. The Kier molecular flexibility index (Phi) is 13.6. The fraction of sp³-hybridized carbons (Fsp3) is 0.429. The molecule has 2 rings (SSSR count). The molecule has 0 N–H and O–H groups in total. The molecule has 39 heavy (non-hydrogen) atoms. The number of rotatable bonds is 12. The molecule has 0 aliphatic carbocycles. The molecule has 0 aliphatic rings. The van der Waals surface area contributed by atoms with E-state index in [2.05, 4.69) is 11.5 Å². The summed E-state index contributed by atoms with van der Waals surface area (Å²) < 4.78 is 57.5. The van der Waals surface area contributed by atoms with Crippen LogP contribution in [-0.4, -0.2) is 71.3 Å². The van der Waals surface area contributed by atoms with E-state index in [0.717, 1.165) is 18.5 Å². The first kappa shape index (κ1) is 34.0. The van der Waals surface area contributed by atoms with Gasteiger partial charge in [0.25, 0.3) is 0 Å². The molecule has 0 aromatic heterocycles. The van der Waals surface area contributed by atoms with Crippen LogP contribution in [0.3, 0.4) is 0 Å². The third-order valence-electron chi connectivity index (χ3n) is 5.34. The second kappa shape index (κ2) is 15.5. The van der Waals surface area contributed by atoms with Crippen LogP contribution in [0, 0.1) is 0 Å². The fourth-order valence-electron chi connectivity index (χ4n) is 3.15. The highest BCUT2D eigenvalue weighted by molar-refractivity contribution is 7.94. The summed E-state index contributed by atoms with van der Waals surface area (Å²) in [5.74, 6) is -0.838. The number of hydrogen-bond donors (Lipinski definition) is 0. The summed E-state index contributed by atoms with van der Waals surface area (Å²) in [6.45, 7) is 16.4. The van der Waals surface area contributed by atoms with E-state index in [9.17, 15) is 26.4 Å². The Morgan fingerprint density at radius 3 is 1.49 bits per heavy atom. The van der Waals surface area contributed by atoms with Crippen LogP contribution in [0.4, 0.5) is 0 Å². The number of esters is 2. The molecular weight excluding hydrogens is 542 g/mol. The maximum Gasteiger partial charge on any atom is 0.338 e. The predicted octanol–water partition coefficient (Wildman–Crippen LogP) is 4.54. The smallest absolute Gasteiger partial charge is 0.338 e. The molecule has 2 aromatic rings. The topological polar surface area (TPSA) is 124 Å². The van der Waals surface area contributed by atoms with Gasteiger partial charge in [0.05, 0.1) is 38.9 Å². The third kappa shape index (κ3) is 11.3. The van der Waals surface area contributed by atoms with Crippen LogP contribution in [0.15, 0.2) is 70.3 Å². The molecule has 0 spiro atoms. The number of carbonyl (C=O) groups excluding carboxylic acids is 2. The summed E-state index contributed by atoms with van der Waals surface area (Å²) >= 11 is 0. The lowest BCUT2D eigenvalue weighted by atomic mass is 10.2. The van der Waals surface area contributed by atoms with Crippen molar-refractivity contribution in [1.29, 1.82) is 0 Å². The number of sulfone groups is 2. The Bertz CT molecular complexity index is 1290. The van der Waals surface area contributed by atoms with Gasteiger partial charge in [0.1, 0.15) is 0 Å². The van der Waals surface area contributed by atoms with Gasteiger partial charge in [0.15, 0.2) is 19.7 Å². The summed E-state index contributed by atoms with van der Waals surface area (Å²) in [5, 5.41) is 0.869. The van der Waals surface area contributed by atoms with E-state index in [-0.39, 0.29) is 27.8 Å². The van der Waals surface area contributed by atoms with Crippen molar-refractivity contribution >= 4 is 31.6 Å². The van der Waals surface area contributed by atoms with Crippen molar-refractivity contribution in [1.82, 2.24) is 4.90 Å². The molecular formula is C28H39NO8S2. The zero-order chi connectivity index (χ0) is 29.8.